The van der Waals surface area contributed by atoms with Crippen molar-refractivity contribution < 1.29 is 17.9 Å². The van der Waals surface area contributed by atoms with Gasteiger partial charge in [-0.2, -0.15) is 18.3 Å². The van der Waals surface area contributed by atoms with Crippen LogP contribution >= 0.6 is 11.6 Å². The van der Waals surface area contributed by atoms with E-state index in [1.54, 1.807) is 11.0 Å². The lowest BCUT2D eigenvalue weighted by Crippen LogP contribution is -2.38. The van der Waals surface area contributed by atoms with Crippen LogP contribution in [0.2, 0.25) is 5.02 Å². The largest absolute Gasteiger partial charge is 0.481 e. The standard InChI is InChI=1S/C19H19ClF3N5O2/c1-30-17(24)12-10-28(15-9-26-27-18(29)16(15)20)7-6-14(12)25-8-11-4-2-3-5-13(11)19(21,22)23/h2-5,9,24-25H,6-8,10H2,1H3,(H,27,29). The zero-order chi connectivity index (χ0) is 21.9. The molecule has 1 aromatic heterocycles. The molecule has 3 N–H and O–H groups in total. The minimum Gasteiger partial charge on any atom is -0.481 e. The van der Waals surface area contributed by atoms with Crippen molar-refractivity contribution in [1.29, 1.82) is 5.41 Å². The molecule has 0 unspecified atom stereocenters. The highest BCUT2D eigenvalue weighted by atomic mass is 35.5. The predicted molar refractivity (Wildman–Crippen MR) is 107 cm³/mol. The van der Waals surface area contributed by atoms with Gasteiger partial charge in [0.1, 0.15) is 5.02 Å². The number of benzene rings is 1. The first kappa shape index (κ1) is 21.7. The van der Waals surface area contributed by atoms with E-state index < -0.39 is 17.3 Å². The molecule has 3 rings (SSSR count). The highest BCUT2D eigenvalue weighted by molar-refractivity contribution is 6.33. The molecule has 1 aliphatic rings. The second kappa shape index (κ2) is 8.78. The molecular formula is C19H19ClF3N5O2. The van der Waals surface area contributed by atoms with Gasteiger partial charge in [0, 0.05) is 25.2 Å². The molecule has 7 nitrogen and oxygen atoms in total. The van der Waals surface area contributed by atoms with Crippen molar-refractivity contribution in [2.75, 3.05) is 25.1 Å². The Bertz CT molecular complexity index is 1040. The summed E-state index contributed by atoms with van der Waals surface area (Å²) in [7, 11) is 1.34. The molecule has 0 saturated carbocycles. The minimum atomic E-state index is -4.46. The lowest BCUT2D eigenvalue weighted by molar-refractivity contribution is -0.138. The van der Waals surface area contributed by atoms with Crippen LogP contribution in [-0.4, -0.2) is 36.3 Å². The Balaban J connectivity index is 1.86. The van der Waals surface area contributed by atoms with Crippen LogP contribution in [0, 0.1) is 5.41 Å². The van der Waals surface area contributed by atoms with E-state index in [1.807, 2.05) is 0 Å². The fourth-order valence-corrected chi connectivity index (χ4v) is 3.45. The summed E-state index contributed by atoms with van der Waals surface area (Å²) in [6.07, 6.45) is -2.66. The first-order valence-corrected chi connectivity index (χ1v) is 9.32. The van der Waals surface area contributed by atoms with Crippen LogP contribution < -0.4 is 15.8 Å². The van der Waals surface area contributed by atoms with E-state index in [0.717, 1.165) is 6.07 Å². The third-order valence-corrected chi connectivity index (χ3v) is 5.12. The summed E-state index contributed by atoms with van der Waals surface area (Å²) in [5, 5.41) is 17.1. The highest BCUT2D eigenvalue weighted by Gasteiger charge is 2.33. The molecule has 0 radical (unpaired) electrons. The van der Waals surface area contributed by atoms with E-state index in [1.165, 1.54) is 25.4 Å². The Morgan fingerprint density at radius 1 is 1.40 bits per heavy atom. The van der Waals surface area contributed by atoms with Crippen molar-refractivity contribution in [3.63, 3.8) is 0 Å². The summed E-state index contributed by atoms with van der Waals surface area (Å²) >= 11 is 6.08. The quantitative estimate of drug-likeness (QED) is 0.489. The number of ether oxygens (including phenoxy) is 1. The molecule has 2 aromatic rings. The maximum Gasteiger partial charge on any atom is 0.416 e. The van der Waals surface area contributed by atoms with Gasteiger partial charge in [0.25, 0.3) is 5.56 Å². The van der Waals surface area contributed by atoms with Gasteiger partial charge in [0.15, 0.2) is 0 Å². The topological polar surface area (TPSA) is 94.1 Å². The summed E-state index contributed by atoms with van der Waals surface area (Å²) in [4.78, 5) is 13.5. The van der Waals surface area contributed by atoms with Crippen LogP contribution in [0.1, 0.15) is 17.5 Å². The first-order valence-electron chi connectivity index (χ1n) is 8.94. The molecule has 11 heteroatoms. The van der Waals surface area contributed by atoms with Crippen LogP contribution in [0.15, 0.2) is 46.5 Å². The Morgan fingerprint density at radius 2 is 2.13 bits per heavy atom. The third kappa shape index (κ3) is 4.59. The van der Waals surface area contributed by atoms with E-state index in [4.69, 9.17) is 21.7 Å². The van der Waals surface area contributed by atoms with Gasteiger partial charge in [0.05, 0.1) is 36.7 Å². The number of hydrogen-bond acceptors (Lipinski definition) is 6. The van der Waals surface area contributed by atoms with Crippen LogP contribution in [-0.2, 0) is 17.5 Å². The number of alkyl halides is 3. The van der Waals surface area contributed by atoms with Crippen molar-refractivity contribution in [3.05, 3.63) is 68.2 Å². The Kier molecular flexibility index (Phi) is 6.35. The van der Waals surface area contributed by atoms with E-state index in [9.17, 15) is 18.0 Å². The van der Waals surface area contributed by atoms with Crippen LogP contribution in [0.5, 0.6) is 0 Å². The second-order valence-corrected chi connectivity index (χ2v) is 6.95. The summed E-state index contributed by atoms with van der Waals surface area (Å²) in [6.45, 7) is 0.550. The fraction of sp³-hybridized carbons (Fsp3) is 0.316. The molecule has 30 heavy (non-hydrogen) atoms. The summed E-state index contributed by atoms with van der Waals surface area (Å²) < 4.78 is 44.8. The molecule has 160 valence electrons. The average Bonchev–Trinajstić information content (AvgIpc) is 2.73. The SMILES string of the molecule is COC(=N)C1=C(NCc2ccccc2C(F)(F)F)CCN(c2cn[nH]c(=O)c2Cl)C1. The maximum atomic E-state index is 13.2. The minimum absolute atomic E-state index is 0.0242. The monoisotopic (exact) mass is 441 g/mol. The van der Waals surface area contributed by atoms with Crippen LogP contribution in [0.3, 0.4) is 0 Å². The third-order valence-electron chi connectivity index (χ3n) is 4.76. The number of anilines is 1. The van der Waals surface area contributed by atoms with Crippen molar-refractivity contribution in [2.45, 2.75) is 19.1 Å². The van der Waals surface area contributed by atoms with Crippen LogP contribution in [0.25, 0.3) is 0 Å². The van der Waals surface area contributed by atoms with Gasteiger partial charge in [-0.25, -0.2) is 5.10 Å². The number of halogens is 4. The number of nitrogens with zero attached hydrogens (tertiary/aromatic N) is 2. The van der Waals surface area contributed by atoms with E-state index in [2.05, 4.69) is 15.5 Å². The molecule has 1 aliphatic heterocycles. The lowest BCUT2D eigenvalue weighted by Gasteiger charge is -2.32. The number of aromatic amines is 1. The highest BCUT2D eigenvalue weighted by Crippen LogP contribution is 2.32. The van der Waals surface area contributed by atoms with Gasteiger partial charge in [-0.1, -0.05) is 29.8 Å². The van der Waals surface area contributed by atoms with Crippen molar-refractivity contribution in [2.24, 2.45) is 0 Å². The molecular weight excluding hydrogens is 423 g/mol. The summed E-state index contributed by atoms with van der Waals surface area (Å²) in [5.74, 6) is -0.125. The van der Waals surface area contributed by atoms with E-state index in [0.29, 0.717) is 29.9 Å². The predicted octanol–water partition coefficient (Wildman–Crippen LogP) is 3.32. The number of hydrogen-bond donors (Lipinski definition) is 3. The number of H-pyrrole nitrogens is 1. The zero-order valence-corrected chi connectivity index (χ0v) is 16.7. The average molecular weight is 442 g/mol. The molecule has 0 amide bonds. The zero-order valence-electron chi connectivity index (χ0n) is 15.9. The van der Waals surface area contributed by atoms with Crippen LogP contribution in [0.4, 0.5) is 18.9 Å². The summed E-state index contributed by atoms with van der Waals surface area (Å²) in [5.41, 5.74) is 0.330. The number of rotatable bonds is 5. The molecule has 0 aliphatic carbocycles. The second-order valence-electron chi connectivity index (χ2n) is 6.57. The Labute approximate surface area is 175 Å². The molecule has 2 heterocycles. The lowest BCUT2D eigenvalue weighted by atomic mass is 10.0. The van der Waals surface area contributed by atoms with Gasteiger partial charge >= 0.3 is 6.18 Å². The van der Waals surface area contributed by atoms with E-state index >= 15 is 0 Å². The smallest absolute Gasteiger partial charge is 0.416 e. The summed E-state index contributed by atoms with van der Waals surface area (Å²) in [6, 6.07) is 5.33. The first-order chi connectivity index (χ1) is 14.2. The van der Waals surface area contributed by atoms with Gasteiger partial charge < -0.3 is 15.0 Å². The van der Waals surface area contributed by atoms with Gasteiger partial charge in [-0.05, 0) is 11.6 Å². The molecule has 0 saturated heterocycles. The molecule has 0 spiro atoms. The number of aromatic nitrogens is 2. The Hall–Kier alpha value is -3.01. The van der Waals surface area contributed by atoms with Gasteiger partial charge in [-0.3, -0.25) is 10.2 Å². The van der Waals surface area contributed by atoms with Crippen molar-refractivity contribution in [3.8, 4) is 0 Å². The number of methoxy groups -OCH3 is 1. The molecule has 0 atom stereocenters. The maximum absolute atomic E-state index is 13.2. The molecule has 0 bridgehead atoms. The van der Waals surface area contributed by atoms with Crippen molar-refractivity contribution >= 4 is 23.2 Å². The number of nitrogens with one attached hydrogen (secondary N) is 3. The molecule has 1 aromatic carbocycles. The van der Waals surface area contributed by atoms with E-state index in [-0.39, 0.29) is 29.6 Å². The van der Waals surface area contributed by atoms with Crippen molar-refractivity contribution in [1.82, 2.24) is 15.5 Å². The van der Waals surface area contributed by atoms with Gasteiger partial charge in [0.2, 0.25) is 5.90 Å². The normalized spacial score (nSPS) is 14.6. The Morgan fingerprint density at radius 3 is 2.83 bits per heavy atom. The fourth-order valence-electron chi connectivity index (χ4n) is 3.24. The van der Waals surface area contributed by atoms with Gasteiger partial charge in [-0.15, -0.1) is 0 Å². The molecule has 0 fully saturated rings.